The van der Waals surface area contributed by atoms with E-state index in [9.17, 15) is 14.7 Å². The number of hydrogen-bond donors (Lipinski definition) is 3. The van der Waals surface area contributed by atoms with Crippen molar-refractivity contribution >= 4 is 11.8 Å². The van der Waals surface area contributed by atoms with Crippen LogP contribution < -0.4 is 10.6 Å². The van der Waals surface area contributed by atoms with E-state index in [4.69, 9.17) is 9.47 Å². The topological polar surface area (TPSA) is 100 Å². The van der Waals surface area contributed by atoms with Crippen LogP contribution in [0, 0.1) is 0 Å². The number of benzene rings is 2. The fraction of sp³-hybridized carbons (Fsp3) is 0.674. The van der Waals surface area contributed by atoms with Crippen LogP contribution in [0.4, 0.5) is 0 Å². The minimum atomic E-state index is -0.489. The van der Waals surface area contributed by atoms with Crippen LogP contribution in [0.5, 0.6) is 0 Å². The summed E-state index contributed by atoms with van der Waals surface area (Å²) < 4.78 is 13.4. The number of unbranched alkanes of at least 4 members (excludes halogenated alkanes) is 12. The van der Waals surface area contributed by atoms with Crippen molar-refractivity contribution < 1.29 is 24.2 Å². The lowest BCUT2D eigenvalue weighted by Gasteiger charge is -2.38. The third-order valence-electron chi connectivity index (χ3n) is 9.93. The number of ether oxygens (including phenoxy) is 2. The normalized spacial score (nSPS) is 17.5. The molecule has 0 radical (unpaired) electrons. The van der Waals surface area contributed by atoms with Gasteiger partial charge in [-0.25, -0.2) is 0 Å². The van der Waals surface area contributed by atoms with Gasteiger partial charge < -0.3 is 30.1 Å². The molecule has 1 saturated heterocycles. The molecule has 0 bridgehead atoms. The first-order chi connectivity index (χ1) is 24.9. The van der Waals surface area contributed by atoms with Crippen LogP contribution in [0.1, 0.15) is 165 Å². The molecule has 0 aliphatic carbocycles. The largest absolute Gasteiger partial charge is 0.392 e. The molecule has 2 amide bonds. The Kier molecular flexibility index (Phi) is 21.8. The minimum absolute atomic E-state index is 0.0159. The van der Waals surface area contributed by atoms with E-state index < -0.39 is 6.29 Å². The molecule has 0 saturated carbocycles. The highest BCUT2D eigenvalue weighted by Gasteiger charge is 2.33. The summed E-state index contributed by atoms with van der Waals surface area (Å²) in [5, 5.41) is 15.4. The molecule has 2 aromatic rings. The monoisotopic (exact) mass is 708 g/mol. The van der Waals surface area contributed by atoms with Gasteiger partial charge in [0.05, 0.1) is 18.8 Å². The zero-order valence-corrected chi connectivity index (χ0v) is 32.1. The van der Waals surface area contributed by atoms with Crippen LogP contribution >= 0.6 is 0 Å². The van der Waals surface area contributed by atoms with Crippen LogP contribution in [-0.2, 0) is 32.2 Å². The van der Waals surface area contributed by atoms with Crippen LogP contribution in [-0.4, -0.2) is 54.1 Å². The Balaban J connectivity index is 1.62. The van der Waals surface area contributed by atoms with Gasteiger partial charge in [-0.3, -0.25) is 9.59 Å². The molecular formula is C43H69N3O5. The molecule has 51 heavy (non-hydrogen) atoms. The van der Waals surface area contributed by atoms with E-state index in [0.29, 0.717) is 19.5 Å². The third kappa shape index (κ3) is 18.0. The lowest BCUT2D eigenvalue weighted by atomic mass is 9.99. The molecule has 8 nitrogen and oxygen atoms in total. The minimum Gasteiger partial charge on any atom is -0.392 e. The van der Waals surface area contributed by atoms with Crippen LogP contribution in [0.2, 0.25) is 0 Å². The van der Waals surface area contributed by atoms with Gasteiger partial charge in [-0.2, -0.15) is 0 Å². The molecule has 0 aromatic heterocycles. The summed E-state index contributed by atoms with van der Waals surface area (Å²) in [6, 6.07) is 16.3. The molecule has 3 unspecified atom stereocenters. The first-order valence-electron chi connectivity index (χ1n) is 20.2. The quantitative estimate of drug-likeness (QED) is 0.0802. The molecule has 1 aliphatic rings. The van der Waals surface area contributed by atoms with Gasteiger partial charge in [0.25, 0.3) is 0 Å². The fourth-order valence-corrected chi connectivity index (χ4v) is 6.78. The van der Waals surface area contributed by atoms with Gasteiger partial charge >= 0.3 is 0 Å². The Morgan fingerprint density at radius 2 is 1.27 bits per heavy atom. The lowest BCUT2D eigenvalue weighted by molar-refractivity contribution is -0.253. The van der Waals surface area contributed by atoms with Crippen molar-refractivity contribution in [2.75, 3.05) is 26.2 Å². The molecule has 286 valence electrons. The van der Waals surface area contributed by atoms with Gasteiger partial charge in [0.1, 0.15) is 0 Å². The fourth-order valence-electron chi connectivity index (χ4n) is 6.78. The second kappa shape index (κ2) is 26.1. The molecule has 3 N–H and O–H groups in total. The maximum absolute atomic E-state index is 12.4. The molecule has 0 spiro atoms. The average molecular weight is 708 g/mol. The second-order valence-electron chi connectivity index (χ2n) is 14.5. The zero-order chi connectivity index (χ0) is 36.5. The first-order valence-corrected chi connectivity index (χ1v) is 20.2. The highest BCUT2D eigenvalue weighted by atomic mass is 16.7. The van der Waals surface area contributed by atoms with Gasteiger partial charge in [0, 0.05) is 45.0 Å². The lowest BCUT2D eigenvalue weighted by Crippen LogP contribution is -2.40. The van der Waals surface area contributed by atoms with Crippen LogP contribution in [0.15, 0.2) is 48.5 Å². The zero-order valence-electron chi connectivity index (χ0n) is 32.1. The van der Waals surface area contributed by atoms with Crippen molar-refractivity contribution in [3.63, 3.8) is 0 Å². The molecular weight excluding hydrogens is 638 g/mol. The van der Waals surface area contributed by atoms with E-state index in [1.807, 2.05) is 24.3 Å². The van der Waals surface area contributed by atoms with E-state index in [0.717, 1.165) is 67.6 Å². The number of amides is 2. The number of aliphatic hydroxyl groups excluding tert-OH is 1. The third-order valence-corrected chi connectivity index (χ3v) is 9.93. The van der Waals surface area contributed by atoms with Crippen molar-refractivity contribution in [1.29, 1.82) is 0 Å². The van der Waals surface area contributed by atoms with E-state index in [1.54, 1.807) is 0 Å². The predicted molar refractivity (Wildman–Crippen MR) is 207 cm³/mol. The van der Waals surface area contributed by atoms with Crippen molar-refractivity contribution in [2.45, 2.75) is 162 Å². The van der Waals surface area contributed by atoms with Gasteiger partial charge in [0.2, 0.25) is 11.8 Å². The summed E-state index contributed by atoms with van der Waals surface area (Å²) in [6.07, 6.45) is 18.9. The van der Waals surface area contributed by atoms with Crippen molar-refractivity contribution in [3.8, 4) is 0 Å². The maximum atomic E-state index is 12.4. The van der Waals surface area contributed by atoms with Crippen molar-refractivity contribution in [2.24, 2.45) is 0 Å². The van der Waals surface area contributed by atoms with E-state index in [2.05, 4.69) is 53.6 Å². The summed E-state index contributed by atoms with van der Waals surface area (Å²) in [4.78, 5) is 26.1. The van der Waals surface area contributed by atoms with Gasteiger partial charge in [0.15, 0.2) is 6.29 Å². The molecule has 2 aromatic carbocycles. The maximum Gasteiger partial charge on any atom is 0.220 e. The molecule has 1 fully saturated rings. The van der Waals surface area contributed by atoms with Crippen molar-refractivity contribution in [3.05, 3.63) is 70.8 Å². The van der Waals surface area contributed by atoms with E-state index in [1.165, 1.54) is 84.0 Å². The van der Waals surface area contributed by atoms with Gasteiger partial charge in [-0.05, 0) is 55.5 Å². The number of carbonyl (C=O) groups excluding carboxylic acids is 2. The summed E-state index contributed by atoms with van der Waals surface area (Å²) in [6.45, 7) is 10.3. The summed E-state index contributed by atoms with van der Waals surface area (Å²) in [7, 11) is 0. The molecule has 3 atom stereocenters. The standard InChI is InChI=1S/C43H69N3O5/c1-4-6-8-10-12-17-29-46(30-18-13-11-9-7-5-2)33-40-31-41(38-24-22-37(34-47)23-25-38)51-43(50-40)39-26-20-36(21-27-39)32-45-42(49)19-15-14-16-28-44-35(3)48/h20-27,40-41,43,47H,4-19,28-34H2,1-3H3,(H,44,48)(H,45,49). The number of aliphatic hydroxyl groups is 1. The van der Waals surface area contributed by atoms with E-state index in [-0.39, 0.29) is 30.6 Å². The molecule has 3 rings (SSSR count). The smallest absolute Gasteiger partial charge is 0.220 e. The van der Waals surface area contributed by atoms with Gasteiger partial charge in [-0.1, -0.05) is 133 Å². The first kappa shape index (κ1) is 42.6. The number of nitrogens with zero attached hydrogens (tertiary/aromatic N) is 1. The van der Waals surface area contributed by atoms with Crippen LogP contribution in [0.25, 0.3) is 0 Å². The summed E-state index contributed by atoms with van der Waals surface area (Å²) >= 11 is 0. The Hall–Kier alpha value is -2.78. The molecule has 1 heterocycles. The Bertz CT molecular complexity index is 1190. The number of nitrogens with one attached hydrogen (secondary N) is 2. The Morgan fingerprint density at radius 1 is 0.706 bits per heavy atom. The SMILES string of the molecule is CCCCCCCCN(CCCCCCCC)CC1CC(c2ccc(CO)cc2)OC(c2ccc(CNC(=O)CCCCCNC(C)=O)cc2)O1. The summed E-state index contributed by atoms with van der Waals surface area (Å²) in [5.41, 5.74) is 4.01. The average Bonchev–Trinajstić information content (AvgIpc) is 3.14. The van der Waals surface area contributed by atoms with Crippen molar-refractivity contribution in [1.82, 2.24) is 15.5 Å². The number of rotatable bonds is 27. The highest BCUT2D eigenvalue weighted by Crippen LogP contribution is 2.38. The second-order valence-corrected chi connectivity index (χ2v) is 14.5. The summed E-state index contributed by atoms with van der Waals surface area (Å²) in [5.74, 6) is 0.0275. The highest BCUT2D eigenvalue weighted by molar-refractivity contribution is 5.75. The van der Waals surface area contributed by atoms with Crippen LogP contribution in [0.3, 0.4) is 0 Å². The Morgan fingerprint density at radius 3 is 1.88 bits per heavy atom. The Labute approximate surface area is 309 Å². The van der Waals surface area contributed by atoms with E-state index >= 15 is 0 Å². The number of carbonyl (C=O) groups is 2. The predicted octanol–water partition coefficient (Wildman–Crippen LogP) is 9.06. The van der Waals surface area contributed by atoms with Gasteiger partial charge in [-0.15, -0.1) is 0 Å². The molecule has 8 heteroatoms. The molecule has 1 aliphatic heterocycles. The number of hydrogen-bond acceptors (Lipinski definition) is 6.